The van der Waals surface area contributed by atoms with E-state index in [4.69, 9.17) is 0 Å². The third kappa shape index (κ3) is 6.40. The van der Waals surface area contributed by atoms with Crippen LogP contribution in [0.1, 0.15) is 24.5 Å². The summed E-state index contributed by atoms with van der Waals surface area (Å²) in [7, 11) is -3.48. The zero-order chi connectivity index (χ0) is 23.1. The van der Waals surface area contributed by atoms with Gasteiger partial charge in [0.25, 0.3) is 0 Å². The number of carbonyl (C=O) groups excluding carboxylic acids is 2. The van der Waals surface area contributed by atoms with Gasteiger partial charge in [0, 0.05) is 38.3 Å². The van der Waals surface area contributed by atoms with E-state index in [2.05, 4.69) is 5.32 Å². The standard InChI is InChI=1S/C24H31N3O4S/c1-3-20-6-4-5-7-22(20)25-23(28)18-26-13-15-27(16-14-26)24(29)12-17-32(30,31)21-10-8-19(2)9-11-21/h4-11H,3,12-18H2,1-2H3,(H,25,28). The maximum Gasteiger partial charge on any atom is 0.238 e. The minimum atomic E-state index is -3.48. The molecule has 0 aliphatic carbocycles. The lowest BCUT2D eigenvalue weighted by Crippen LogP contribution is -2.50. The number of amides is 2. The van der Waals surface area contributed by atoms with Gasteiger partial charge in [-0.05, 0) is 37.1 Å². The zero-order valence-corrected chi connectivity index (χ0v) is 19.5. The van der Waals surface area contributed by atoms with Crippen molar-refractivity contribution in [2.75, 3.05) is 43.8 Å². The summed E-state index contributed by atoms with van der Waals surface area (Å²) in [6.45, 7) is 6.35. The third-order valence-corrected chi connectivity index (χ3v) is 7.46. The molecule has 32 heavy (non-hydrogen) atoms. The van der Waals surface area contributed by atoms with E-state index < -0.39 is 9.84 Å². The molecule has 8 heteroatoms. The Morgan fingerprint density at radius 2 is 1.62 bits per heavy atom. The molecule has 1 N–H and O–H groups in total. The van der Waals surface area contributed by atoms with Gasteiger partial charge < -0.3 is 10.2 Å². The number of sulfone groups is 1. The number of nitrogens with one attached hydrogen (secondary N) is 1. The van der Waals surface area contributed by atoms with Gasteiger partial charge in [0.15, 0.2) is 9.84 Å². The van der Waals surface area contributed by atoms with Gasteiger partial charge in [0.1, 0.15) is 0 Å². The summed E-state index contributed by atoms with van der Waals surface area (Å²) < 4.78 is 25.0. The monoisotopic (exact) mass is 457 g/mol. The summed E-state index contributed by atoms with van der Waals surface area (Å²) in [4.78, 5) is 28.9. The lowest BCUT2D eigenvalue weighted by Gasteiger charge is -2.34. The topological polar surface area (TPSA) is 86.8 Å². The number of nitrogens with zero attached hydrogens (tertiary/aromatic N) is 2. The summed E-state index contributed by atoms with van der Waals surface area (Å²) in [6, 6.07) is 14.4. The average molecular weight is 458 g/mol. The second kappa shape index (κ2) is 10.7. The van der Waals surface area contributed by atoms with Crippen LogP contribution in [0, 0.1) is 6.92 Å². The minimum Gasteiger partial charge on any atom is -0.340 e. The van der Waals surface area contributed by atoms with E-state index in [0.29, 0.717) is 26.2 Å². The quantitative estimate of drug-likeness (QED) is 0.658. The van der Waals surface area contributed by atoms with Gasteiger partial charge in [0.2, 0.25) is 11.8 Å². The Morgan fingerprint density at radius 1 is 0.969 bits per heavy atom. The number of piperazine rings is 1. The van der Waals surface area contributed by atoms with Gasteiger partial charge in [-0.3, -0.25) is 14.5 Å². The van der Waals surface area contributed by atoms with Gasteiger partial charge in [0.05, 0.1) is 17.2 Å². The van der Waals surface area contributed by atoms with Crippen LogP contribution in [-0.2, 0) is 25.8 Å². The van der Waals surface area contributed by atoms with Crippen LogP contribution in [0.15, 0.2) is 53.4 Å². The fourth-order valence-corrected chi connectivity index (χ4v) is 4.97. The molecule has 0 saturated carbocycles. The Balaban J connectivity index is 1.44. The SMILES string of the molecule is CCc1ccccc1NC(=O)CN1CCN(C(=O)CCS(=O)(=O)c2ccc(C)cc2)CC1. The average Bonchev–Trinajstić information content (AvgIpc) is 2.78. The first-order valence-corrected chi connectivity index (χ1v) is 12.6. The molecule has 0 aromatic heterocycles. The largest absolute Gasteiger partial charge is 0.340 e. The van der Waals surface area contributed by atoms with Crippen LogP contribution in [0.4, 0.5) is 5.69 Å². The molecule has 172 valence electrons. The molecule has 0 bridgehead atoms. The molecule has 0 radical (unpaired) electrons. The number of rotatable bonds is 8. The highest BCUT2D eigenvalue weighted by atomic mass is 32.2. The normalized spacial score (nSPS) is 14.9. The van der Waals surface area contributed by atoms with Crippen LogP contribution in [0.5, 0.6) is 0 Å². The highest BCUT2D eigenvalue weighted by Crippen LogP contribution is 2.16. The number of para-hydroxylation sites is 1. The molecule has 0 spiro atoms. The number of anilines is 1. The van der Waals surface area contributed by atoms with E-state index in [1.54, 1.807) is 29.2 Å². The van der Waals surface area contributed by atoms with Crippen molar-refractivity contribution in [3.63, 3.8) is 0 Å². The maximum atomic E-state index is 12.5. The van der Waals surface area contributed by atoms with E-state index >= 15 is 0 Å². The molecule has 1 saturated heterocycles. The Bertz CT molecular complexity index is 1040. The molecule has 1 aliphatic heterocycles. The van der Waals surface area contributed by atoms with E-state index in [0.717, 1.165) is 23.2 Å². The Hall–Kier alpha value is -2.71. The van der Waals surface area contributed by atoms with Crippen molar-refractivity contribution in [2.45, 2.75) is 31.6 Å². The predicted molar refractivity (Wildman–Crippen MR) is 125 cm³/mol. The number of benzene rings is 2. The number of hydrogen-bond acceptors (Lipinski definition) is 5. The number of carbonyl (C=O) groups is 2. The minimum absolute atomic E-state index is 0.0372. The highest BCUT2D eigenvalue weighted by Gasteiger charge is 2.24. The molecule has 1 fully saturated rings. The molecule has 2 aromatic carbocycles. The fourth-order valence-electron chi connectivity index (χ4n) is 3.74. The van der Waals surface area contributed by atoms with Crippen molar-refractivity contribution in [2.24, 2.45) is 0 Å². The molecule has 0 unspecified atom stereocenters. The lowest BCUT2D eigenvalue weighted by atomic mass is 10.1. The van der Waals surface area contributed by atoms with Gasteiger partial charge in [-0.1, -0.05) is 42.8 Å². The molecule has 1 heterocycles. The van der Waals surface area contributed by atoms with E-state index in [9.17, 15) is 18.0 Å². The first kappa shape index (κ1) is 23.9. The van der Waals surface area contributed by atoms with E-state index in [1.165, 1.54) is 0 Å². The summed E-state index contributed by atoms with van der Waals surface area (Å²) >= 11 is 0. The van der Waals surface area contributed by atoms with Crippen molar-refractivity contribution in [3.8, 4) is 0 Å². The maximum absolute atomic E-state index is 12.5. The molecule has 7 nitrogen and oxygen atoms in total. The summed E-state index contributed by atoms with van der Waals surface area (Å²) in [6.07, 6.45) is 0.807. The van der Waals surface area contributed by atoms with Crippen molar-refractivity contribution in [3.05, 3.63) is 59.7 Å². The van der Waals surface area contributed by atoms with Crippen molar-refractivity contribution >= 4 is 27.3 Å². The highest BCUT2D eigenvalue weighted by molar-refractivity contribution is 7.91. The van der Waals surface area contributed by atoms with Crippen LogP contribution in [-0.4, -0.2) is 68.5 Å². The first-order valence-electron chi connectivity index (χ1n) is 11.0. The van der Waals surface area contributed by atoms with Gasteiger partial charge in [-0.25, -0.2) is 8.42 Å². The Morgan fingerprint density at radius 3 is 2.28 bits per heavy atom. The summed E-state index contributed by atoms with van der Waals surface area (Å²) in [5.74, 6) is -0.439. The fraction of sp³-hybridized carbons (Fsp3) is 0.417. The molecular weight excluding hydrogens is 426 g/mol. The smallest absolute Gasteiger partial charge is 0.238 e. The second-order valence-corrected chi connectivity index (χ2v) is 10.2. The first-order chi connectivity index (χ1) is 15.3. The van der Waals surface area contributed by atoms with Crippen molar-refractivity contribution in [1.82, 2.24) is 9.80 Å². The summed E-state index contributed by atoms with van der Waals surface area (Å²) in [5.41, 5.74) is 2.92. The second-order valence-electron chi connectivity index (χ2n) is 8.10. The molecule has 3 rings (SSSR count). The number of hydrogen-bond donors (Lipinski definition) is 1. The van der Waals surface area contributed by atoms with E-state index in [-0.39, 0.29) is 35.4 Å². The molecular formula is C24H31N3O4S. The van der Waals surface area contributed by atoms with Crippen LogP contribution >= 0.6 is 0 Å². The third-order valence-electron chi connectivity index (χ3n) is 5.73. The lowest BCUT2D eigenvalue weighted by molar-refractivity contribution is -0.132. The van der Waals surface area contributed by atoms with Crippen LogP contribution in [0.2, 0.25) is 0 Å². The van der Waals surface area contributed by atoms with E-state index in [1.807, 2.05) is 43.0 Å². The molecule has 1 aliphatic rings. The molecule has 0 atom stereocenters. The summed E-state index contributed by atoms with van der Waals surface area (Å²) in [5, 5.41) is 2.97. The number of aryl methyl sites for hydroxylation is 2. The van der Waals surface area contributed by atoms with Gasteiger partial charge in [-0.2, -0.15) is 0 Å². The van der Waals surface area contributed by atoms with Gasteiger partial charge >= 0.3 is 0 Å². The Kier molecular flexibility index (Phi) is 8.04. The van der Waals surface area contributed by atoms with Crippen LogP contribution < -0.4 is 5.32 Å². The van der Waals surface area contributed by atoms with Crippen LogP contribution in [0.3, 0.4) is 0 Å². The zero-order valence-electron chi connectivity index (χ0n) is 18.7. The van der Waals surface area contributed by atoms with Crippen molar-refractivity contribution in [1.29, 1.82) is 0 Å². The van der Waals surface area contributed by atoms with Gasteiger partial charge in [-0.15, -0.1) is 0 Å². The molecule has 2 amide bonds. The molecule has 2 aromatic rings. The van der Waals surface area contributed by atoms with Crippen molar-refractivity contribution < 1.29 is 18.0 Å². The predicted octanol–water partition coefficient (Wildman–Crippen LogP) is 2.50. The Labute approximate surface area is 190 Å². The van der Waals surface area contributed by atoms with Crippen LogP contribution in [0.25, 0.3) is 0 Å².